The molecule has 6 heteroatoms. The second-order valence-electron chi connectivity index (χ2n) is 5.72. The molecule has 1 unspecified atom stereocenters. The van der Waals surface area contributed by atoms with Crippen LogP contribution in [0.15, 0.2) is 48.5 Å². The van der Waals surface area contributed by atoms with Crippen molar-refractivity contribution in [2.45, 2.75) is 12.3 Å². The van der Waals surface area contributed by atoms with Gasteiger partial charge in [0.2, 0.25) is 11.8 Å². The fraction of sp³-hybridized carbons (Fsp3) is 0.263. The molecule has 2 aromatic carbocycles. The van der Waals surface area contributed by atoms with Gasteiger partial charge < -0.3 is 20.1 Å². The van der Waals surface area contributed by atoms with E-state index in [0.717, 1.165) is 5.56 Å². The van der Waals surface area contributed by atoms with Crippen molar-refractivity contribution >= 4 is 23.2 Å². The van der Waals surface area contributed by atoms with E-state index in [-0.39, 0.29) is 18.2 Å². The summed E-state index contributed by atoms with van der Waals surface area (Å²) in [6, 6.07) is 14.6. The van der Waals surface area contributed by atoms with E-state index in [0.29, 0.717) is 30.3 Å². The highest BCUT2D eigenvalue weighted by Crippen LogP contribution is 2.34. The smallest absolute Gasteiger partial charge is 0.232 e. The third-order valence-electron chi connectivity index (χ3n) is 4.01. The lowest BCUT2D eigenvalue weighted by molar-refractivity contribution is -0.123. The first-order chi connectivity index (χ1) is 12.2. The topological polar surface area (TPSA) is 76.7 Å². The molecule has 0 bridgehead atoms. The van der Waals surface area contributed by atoms with Gasteiger partial charge in [-0.1, -0.05) is 30.3 Å². The molecule has 1 aliphatic rings. The number of hydrogen-bond donors (Lipinski definition) is 2. The number of benzene rings is 2. The van der Waals surface area contributed by atoms with Gasteiger partial charge in [-0.15, -0.1) is 0 Å². The van der Waals surface area contributed by atoms with E-state index in [1.54, 1.807) is 25.3 Å². The van der Waals surface area contributed by atoms with Gasteiger partial charge in [-0.3, -0.25) is 9.59 Å². The first-order valence-corrected chi connectivity index (χ1v) is 8.09. The second-order valence-corrected chi connectivity index (χ2v) is 5.72. The molecule has 2 N–H and O–H groups in total. The van der Waals surface area contributed by atoms with E-state index in [9.17, 15) is 9.59 Å². The van der Waals surface area contributed by atoms with Gasteiger partial charge in [-0.2, -0.15) is 0 Å². The van der Waals surface area contributed by atoms with Crippen molar-refractivity contribution in [3.63, 3.8) is 0 Å². The van der Waals surface area contributed by atoms with Crippen LogP contribution >= 0.6 is 0 Å². The Kier molecular flexibility index (Phi) is 5.30. The number of amides is 2. The molecule has 6 nitrogen and oxygen atoms in total. The van der Waals surface area contributed by atoms with Crippen LogP contribution in [0.5, 0.6) is 5.75 Å². The number of methoxy groups -OCH3 is 1. The number of fused-ring (bicyclic) bond motifs is 1. The van der Waals surface area contributed by atoms with E-state index in [4.69, 9.17) is 9.47 Å². The maximum Gasteiger partial charge on any atom is 0.232 e. The molecule has 0 spiro atoms. The van der Waals surface area contributed by atoms with Crippen LogP contribution in [0.3, 0.4) is 0 Å². The first-order valence-electron chi connectivity index (χ1n) is 8.09. The van der Waals surface area contributed by atoms with Gasteiger partial charge in [0, 0.05) is 19.2 Å². The molecular weight excluding hydrogens is 320 g/mol. The highest BCUT2D eigenvalue weighted by Gasteiger charge is 2.30. The molecule has 0 saturated heterocycles. The number of carbonyl (C=O) groups excluding carboxylic acids is 2. The number of hydrogen-bond acceptors (Lipinski definition) is 4. The van der Waals surface area contributed by atoms with Crippen LogP contribution in [-0.4, -0.2) is 32.1 Å². The summed E-state index contributed by atoms with van der Waals surface area (Å²) < 4.78 is 10.6. The fourth-order valence-electron chi connectivity index (χ4n) is 2.80. The van der Waals surface area contributed by atoms with E-state index in [2.05, 4.69) is 10.6 Å². The molecule has 25 heavy (non-hydrogen) atoms. The molecule has 1 heterocycles. The van der Waals surface area contributed by atoms with Crippen molar-refractivity contribution in [1.29, 1.82) is 0 Å². The lowest BCUT2D eigenvalue weighted by Gasteiger charge is -2.25. The van der Waals surface area contributed by atoms with Crippen LogP contribution in [0.25, 0.3) is 0 Å². The van der Waals surface area contributed by atoms with Crippen molar-refractivity contribution in [2.75, 3.05) is 31.0 Å². The molecule has 0 radical (unpaired) electrons. The molecule has 2 amide bonds. The summed E-state index contributed by atoms with van der Waals surface area (Å²) >= 11 is 0. The lowest BCUT2D eigenvalue weighted by atomic mass is 9.90. The lowest BCUT2D eigenvalue weighted by Crippen LogP contribution is -2.30. The monoisotopic (exact) mass is 340 g/mol. The van der Waals surface area contributed by atoms with Crippen molar-refractivity contribution < 1.29 is 19.1 Å². The molecule has 1 atom stereocenters. The summed E-state index contributed by atoms with van der Waals surface area (Å²) in [6.45, 7) is 0.844. The molecule has 0 aliphatic carbocycles. The Bertz CT molecular complexity index is 776. The van der Waals surface area contributed by atoms with Gasteiger partial charge >= 0.3 is 0 Å². The average molecular weight is 340 g/mol. The summed E-state index contributed by atoms with van der Waals surface area (Å²) in [4.78, 5) is 24.7. The third-order valence-corrected chi connectivity index (χ3v) is 4.01. The zero-order valence-electron chi connectivity index (χ0n) is 14.0. The Labute approximate surface area is 146 Å². The van der Waals surface area contributed by atoms with Crippen molar-refractivity contribution in [1.82, 2.24) is 0 Å². The van der Waals surface area contributed by atoms with Gasteiger partial charge in [-0.25, -0.2) is 0 Å². The number of rotatable bonds is 6. The zero-order valence-corrected chi connectivity index (χ0v) is 14.0. The Balaban J connectivity index is 1.78. The number of nitrogens with one attached hydrogen (secondary N) is 2. The minimum Gasteiger partial charge on any atom is -0.489 e. The van der Waals surface area contributed by atoms with Gasteiger partial charge in [0.05, 0.1) is 18.2 Å². The van der Waals surface area contributed by atoms with E-state index in [1.165, 1.54) is 0 Å². The van der Waals surface area contributed by atoms with Crippen molar-refractivity contribution in [2.24, 2.45) is 0 Å². The fourth-order valence-corrected chi connectivity index (χ4v) is 2.80. The van der Waals surface area contributed by atoms with Crippen LogP contribution in [-0.2, 0) is 14.3 Å². The third kappa shape index (κ3) is 3.97. The number of anilines is 2. The van der Waals surface area contributed by atoms with Gasteiger partial charge in [0.25, 0.3) is 0 Å². The van der Waals surface area contributed by atoms with Gasteiger partial charge in [-0.05, 0) is 23.8 Å². The van der Waals surface area contributed by atoms with Crippen LogP contribution in [0.2, 0.25) is 0 Å². The molecule has 0 fully saturated rings. The molecule has 0 saturated carbocycles. The predicted molar refractivity (Wildman–Crippen MR) is 94.9 cm³/mol. The molecule has 3 rings (SSSR count). The summed E-state index contributed by atoms with van der Waals surface area (Å²) in [5, 5.41) is 5.68. The Morgan fingerprint density at radius 2 is 1.92 bits per heavy atom. The molecule has 130 valence electrons. The highest BCUT2D eigenvalue weighted by molar-refractivity contribution is 6.05. The maximum absolute atomic E-state index is 12.8. The Hall–Kier alpha value is -2.86. The second kappa shape index (κ2) is 7.81. The zero-order chi connectivity index (χ0) is 17.6. The Morgan fingerprint density at radius 3 is 2.76 bits per heavy atom. The standard InChI is InChI=1S/C19H20N2O4/c1-24-10-11-25-17-9-5-4-8-16(17)21-19(23)14-12-18(22)20-15-7-3-2-6-13(14)15/h2-9,14H,10-12H2,1H3,(H,20,22)(H,21,23). The van der Waals surface area contributed by atoms with Crippen LogP contribution in [0.4, 0.5) is 11.4 Å². The van der Waals surface area contributed by atoms with Crippen molar-refractivity contribution in [3.05, 3.63) is 54.1 Å². The summed E-state index contributed by atoms with van der Waals surface area (Å²) in [5.41, 5.74) is 2.08. The van der Waals surface area contributed by atoms with Crippen LogP contribution < -0.4 is 15.4 Å². The van der Waals surface area contributed by atoms with Crippen LogP contribution in [0, 0.1) is 0 Å². The molecule has 2 aromatic rings. The number of carbonyl (C=O) groups is 2. The number of para-hydroxylation sites is 3. The SMILES string of the molecule is COCCOc1ccccc1NC(=O)C1CC(=O)Nc2ccccc21. The van der Waals surface area contributed by atoms with E-state index in [1.807, 2.05) is 30.3 Å². The molecule has 0 aromatic heterocycles. The van der Waals surface area contributed by atoms with E-state index < -0.39 is 5.92 Å². The summed E-state index contributed by atoms with van der Waals surface area (Å²) in [7, 11) is 1.60. The maximum atomic E-state index is 12.8. The summed E-state index contributed by atoms with van der Waals surface area (Å²) in [5.74, 6) is -0.355. The highest BCUT2D eigenvalue weighted by atomic mass is 16.5. The van der Waals surface area contributed by atoms with Gasteiger partial charge in [0.15, 0.2) is 0 Å². The minimum atomic E-state index is -0.531. The average Bonchev–Trinajstić information content (AvgIpc) is 2.62. The summed E-state index contributed by atoms with van der Waals surface area (Å²) in [6.07, 6.45) is 0.121. The largest absolute Gasteiger partial charge is 0.489 e. The first kappa shape index (κ1) is 17.0. The molecule has 1 aliphatic heterocycles. The van der Waals surface area contributed by atoms with E-state index >= 15 is 0 Å². The predicted octanol–water partition coefficient (Wildman–Crippen LogP) is 2.78. The molecular formula is C19H20N2O4. The normalized spacial score (nSPS) is 15.9. The van der Waals surface area contributed by atoms with Crippen molar-refractivity contribution in [3.8, 4) is 5.75 Å². The number of ether oxygens (including phenoxy) is 2. The van der Waals surface area contributed by atoms with Crippen LogP contribution in [0.1, 0.15) is 17.9 Å². The van der Waals surface area contributed by atoms with Gasteiger partial charge in [0.1, 0.15) is 12.4 Å². The Morgan fingerprint density at radius 1 is 1.16 bits per heavy atom. The quantitative estimate of drug-likeness (QED) is 0.793. The minimum absolute atomic E-state index is 0.121.